The van der Waals surface area contributed by atoms with Crippen molar-refractivity contribution >= 4 is 46.2 Å². The third kappa shape index (κ3) is 6.47. The van der Waals surface area contributed by atoms with E-state index in [1.54, 1.807) is 48.4 Å². The molecule has 20 heteroatoms. The molecule has 16 nitrogen and oxygen atoms in total. The second-order valence-corrected chi connectivity index (χ2v) is 12.7. The normalized spacial score (nSPS) is 13.6. The Balaban J connectivity index is 1.27. The number of alkyl halides is 3. The van der Waals surface area contributed by atoms with Gasteiger partial charge in [-0.1, -0.05) is 18.5 Å². The summed E-state index contributed by atoms with van der Waals surface area (Å²) in [6, 6.07) is 6.04. The number of aromatic nitrogens is 9. The summed E-state index contributed by atoms with van der Waals surface area (Å²) in [5.41, 5.74) is 0.322. The largest absolute Gasteiger partial charge is 0.504 e. The highest BCUT2D eigenvalue weighted by Gasteiger charge is 2.32. The van der Waals surface area contributed by atoms with E-state index in [9.17, 15) is 32.7 Å². The molecule has 0 aliphatic carbocycles. The van der Waals surface area contributed by atoms with Gasteiger partial charge in [0.15, 0.2) is 22.9 Å². The SMILES string of the molecule is CCc1c(N2CCN(C(=O)c3ncnc(C)c3O)CC2)c(=O)n2nc(-c3ccn4c(C)nnc4c3)nc2n1CC(=O)Nc1ccc(C(F)(F)F)cc1Cl. The molecule has 2 amide bonds. The number of nitrogens with one attached hydrogen (secondary N) is 1. The van der Waals surface area contributed by atoms with E-state index in [0.29, 0.717) is 22.7 Å². The minimum absolute atomic E-state index is 0.0373. The van der Waals surface area contributed by atoms with Crippen molar-refractivity contribution in [1.82, 2.24) is 48.6 Å². The molecule has 6 heterocycles. The van der Waals surface area contributed by atoms with Crippen LogP contribution in [0, 0.1) is 13.8 Å². The van der Waals surface area contributed by atoms with Gasteiger partial charge in [0.25, 0.3) is 11.5 Å². The fraction of sp³-hybridized carbons (Fsp3) is 0.303. The topological polar surface area (TPSA) is 181 Å². The molecule has 1 aliphatic heterocycles. The van der Waals surface area contributed by atoms with Gasteiger partial charge in [0.1, 0.15) is 24.4 Å². The number of carbonyl (C=O) groups is 2. The van der Waals surface area contributed by atoms with Crippen molar-refractivity contribution in [2.75, 3.05) is 36.4 Å². The zero-order valence-electron chi connectivity index (χ0n) is 28.4. The molecule has 0 atom stereocenters. The summed E-state index contributed by atoms with van der Waals surface area (Å²) in [6.45, 7) is 5.51. The van der Waals surface area contributed by atoms with Gasteiger partial charge < -0.3 is 24.8 Å². The molecular weight excluding hydrogens is 721 g/mol. The molecule has 2 N–H and O–H groups in total. The number of carbonyl (C=O) groups excluding carboxylic acids is 2. The molecule has 1 saturated heterocycles. The van der Waals surface area contributed by atoms with Gasteiger partial charge >= 0.3 is 6.18 Å². The van der Waals surface area contributed by atoms with Crippen LogP contribution in [0.1, 0.15) is 40.2 Å². The first-order valence-electron chi connectivity index (χ1n) is 16.3. The Labute approximate surface area is 302 Å². The first kappa shape index (κ1) is 35.3. The molecule has 0 unspecified atom stereocenters. The molecule has 53 heavy (non-hydrogen) atoms. The van der Waals surface area contributed by atoms with Gasteiger partial charge in [-0.25, -0.2) is 9.97 Å². The number of halogens is 4. The molecular formula is C33H30ClF3N12O4. The number of fused-ring (bicyclic) bond motifs is 2. The maximum Gasteiger partial charge on any atom is 0.416 e. The number of piperazine rings is 1. The highest BCUT2D eigenvalue weighted by Crippen LogP contribution is 2.34. The number of aryl methyl sites for hydroxylation is 2. The Bertz CT molecular complexity index is 2490. The first-order chi connectivity index (χ1) is 25.2. The van der Waals surface area contributed by atoms with Crippen LogP contribution in [0.15, 0.2) is 47.7 Å². The van der Waals surface area contributed by atoms with Gasteiger partial charge in [0.2, 0.25) is 11.7 Å². The van der Waals surface area contributed by atoms with Crippen molar-refractivity contribution in [3.8, 4) is 17.1 Å². The highest BCUT2D eigenvalue weighted by molar-refractivity contribution is 6.33. The molecule has 6 aromatic rings. The average molecular weight is 751 g/mol. The number of pyridine rings is 1. The number of amides is 2. The lowest BCUT2D eigenvalue weighted by Crippen LogP contribution is -2.51. The summed E-state index contributed by atoms with van der Waals surface area (Å²) in [6.07, 6.45) is -1.43. The number of rotatable bonds is 7. The zero-order chi connectivity index (χ0) is 37.8. The third-order valence-electron chi connectivity index (χ3n) is 8.96. The molecule has 0 bridgehead atoms. The molecule has 274 valence electrons. The summed E-state index contributed by atoms with van der Waals surface area (Å²) in [5.74, 6) is -0.581. The highest BCUT2D eigenvalue weighted by atomic mass is 35.5. The van der Waals surface area contributed by atoms with Crippen LogP contribution in [0.2, 0.25) is 5.02 Å². The van der Waals surface area contributed by atoms with Crippen LogP contribution in [0.4, 0.5) is 24.5 Å². The van der Waals surface area contributed by atoms with Gasteiger partial charge in [0.05, 0.1) is 27.7 Å². The van der Waals surface area contributed by atoms with Crippen molar-refractivity contribution in [2.24, 2.45) is 0 Å². The van der Waals surface area contributed by atoms with Crippen LogP contribution in [0.3, 0.4) is 0 Å². The summed E-state index contributed by atoms with van der Waals surface area (Å²) in [4.78, 5) is 57.0. The first-order valence-corrected chi connectivity index (χ1v) is 16.7. The van der Waals surface area contributed by atoms with Crippen molar-refractivity contribution in [3.05, 3.63) is 86.7 Å². The number of aromatic hydroxyl groups is 1. The Morgan fingerprint density at radius 2 is 1.79 bits per heavy atom. The standard InChI is InChI=1S/C33H30ClF3N12O4/c1-4-23-27(45-9-11-46(12-10-45)30(52)26-28(51)17(2)38-16-39-26)31(53)49-32(41-29(44-49)19-7-8-47-18(3)42-43-24(47)13-19)48(23)15-25(50)40-22-6-5-20(14-21(22)34)33(35,36)37/h5-8,13-14,16,51H,4,9-12,15H2,1-3H3,(H,40,50). The molecule has 0 saturated carbocycles. The minimum Gasteiger partial charge on any atom is -0.504 e. The van der Waals surface area contributed by atoms with Crippen molar-refractivity contribution in [1.29, 1.82) is 0 Å². The lowest BCUT2D eigenvalue weighted by Gasteiger charge is -2.36. The smallest absolute Gasteiger partial charge is 0.416 e. The van der Waals surface area contributed by atoms with Gasteiger partial charge in [-0.3, -0.25) is 18.8 Å². The molecule has 1 aliphatic rings. The van der Waals surface area contributed by atoms with E-state index < -0.39 is 35.7 Å². The Morgan fingerprint density at radius 3 is 2.49 bits per heavy atom. The monoisotopic (exact) mass is 750 g/mol. The lowest BCUT2D eigenvalue weighted by molar-refractivity contribution is -0.137. The van der Waals surface area contributed by atoms with E-state index in [4.69, 9.17) is 11.6 Å². The lowest BCUT2D eigenvalue weighted by atomic mass is 10.2. The Kier molecular flexibility index (Phi) is 8.96. The van der Waals surface area contributed by atoms with Crippen LogP contribution in [0.5, 0.6) is 5.75 Å². The maximum absolute atomic E-state index is 14.3. The minimum atomic E-state index is -4.63. The molecule has 7 rings (SSSR count). The quantitative estimate of drug-likeness (QED) is 0.244. The van der Waals surface area contributed by atoms with Crippen LogP contribution in [0.25, 0.3) is 22.8 Å². The third-order valence-corrected chi connectivity index (χ3v) is 9.27. The van der Waals surface area contributed by atoms with E-state index in [2.05, 4.69) is 35.6 Å². The fourth-order valence-corrected chi connectivity index (χ4v) is 6.46. The number of nitrogens with zero attached hydrogens (tertiary/aromatic N) is 11. The molecule has 0 radical (unpaired) electrons. The van der Waals surface area contributed by atoms with Crippen molar-refractivity contribution in [2.45, 2.75) is 39.9 Å². The van der Waals surface area contributed by atoms with Crippen LogP contribution < -0.4 is 15.8 Å². The second kappa shape index (κ2) is 13.5. The molecule has 0 spiro atoms. The number of hydrogen-bond donors (Lipinski definition) is 2. The molecule has 5 aromatic heterocycles. The van der Waals surface area contributed by atoms with Crippen LogP contribution in [-0.2, 0) is 23.9 Å². The van der Waals surface area contributed by atoms with E-state index in [1.807, 2.05) is 0 Å². The molecule has 1 fully saturated rings. The number of anilines is 2. The van der Waals surface area contributed by atoms with E-state index in [0.717, 1.165) is 22.7 Å². The molecule has 1 aromatic carbocycles. The van der Waals surface area contributed by atoms with Gasteiger partial charge in [-0.15, -0.1) is 15.3 Å². The Morgan fingerprint density at radius 1 is 1.04 bits per heavy atom. The van der Waals surface area contributed by atoms with Gasteiger partial charge in [-0.05, 0) is 50.6 Å². The van der Waals surface area contributed by atoms with Crippen LogP contribution in [-0.4, -0.2) is 91.7 Å². The maximum atomic E-state index is 14.3. The zero-order valence-corrected chi connectivity index (χ0v) is 29.1. The van der Waals surface area contributed by atoms with E-state index >= 15 is 0 Å². The predicted octanol–water partition coefficient (Wildman–Crippen LogP) is 3.55. The van der Waals surface area contributed by atoms with Crippen LogP contribution >= 0.6 is 11.6 Å². The summed E-state index contributed by atoms with van der Waals surface area (Å²) in [7, 11) is 0. The van der Waals surface area contributed by atoms with E-state index in [-0.39, 0.29) is 77.7 Å². The predicted molar refractivity (Wildman–Crippen MR) is 185 cm³/mol. The summed E-state index contributed by atoms with van der Waals surface area (Å²) >= 11 is 6.13. The second-order valence-electron chi connectivity index (χ2n) is 12.3. The number of benzene rings is 1. The average Bonchev–Trinajstić information content (AvgIpc) is 3.75. The van der Waals surface area contributed by atoms with Crippen molar-refractivity contribution in [3.63, 3.8) is 0 Å². The fourth-order valence-electron chi connectivity index (χ4n) is 6.23. The van der Waals surface area contributed by atoms with Gasteiger partial charge in [-0.2, -0.15) is 22.7 Å². The van der Waals surface area contributed by atoms with Gasteiger partial charge in [0, 0.05) is 37.9 Å². The Hall–Kier alpha value is -6.11. The van der Waals surface area contributed by atoms with Crippen molar-refractivity contribution < 1.29 is 27.9 Å². The summed E-state index contributed by atoms with van der Waals surface area (Å²) < 4.78 is 44.1. The summed E-state index contributed by atoms with van der Waals surface area (Å²) in [5, 5.41) is 25.4. The van der Waals surface area contributed by atoms with E-state index in [1.165, 1.54) is 15.8 Å². The number of hydrogen-bond acceptors (Lipinski definition) is 11.